The number of nitrogens with zero attached hydrogens (tertiary/aromatic N) is 5. The molecule has 4 heterocycles. The SMILES string of the molecule is C=CCN(NC(=O)c1ccc2c(n1)NC(=C)CS2)C(N)CN(CC)CCc1c(F)cnc2ccc(OC)nc12. The van der Waals surface area contributed by atoms with Crippen LogP contribution >= 0.6 is 11.8 Å². The molecular formula is C27H33FN8O2S. The van der Waals surface area contributed by atoms with Gasteiger partial charge in [0, 0.05) is 42.7 Å². The highest BCUT2D eigenvalue weighted by Gasteiger charge is 2.22. The Kier molecular flexibility index (Phi) is 9.46. The number of amides is 1. The van der Waals surface area contributed by atoms with Gasteiger partial charge in [0.15, 0.2) is 0 Å². The number of hydrogen-bond acceptors (Lipinski definition) is 10. The second kappa shape index (κ2) is 13.0. The van der Waals surface area contributed by atoms with Crippen LogP contribution in [0.2, 0.25) is 0 Å². The number of nitrogens with two attached hydrogens (primary N) is 1. The fourth-order valence-corrected chi connectivity index (χ4v) is 4.98. The summed E-state index contributed by atoms with van der Waals surface area (Å²) in [6.07, 6.45) is 2.72. The molecule has 4 rings (SSSR count). The van der Waals surface area contributed by atoms with E-state index in [0.29, 0.717) is 60.9 Å². The number of aromatic nitrogens is 3. The number of nitrogens with one attached hydrogen (secondary N) is 2. The molecule has 3 aromatic rings. The van der Waals surface area contributed by atoms with E-state index in [0.717, 1.165) is 16.3 Å². The number of anilines is 1. The lowest BCUT2D eigenvalue weighted by atomic mass is 10.1. The Hall–Kier alpha value is -3.58. The van der Waals surface area contributed by atoms with Gasteiger partial charge in [-0.05, 0) is 31.2 Å². The van der Waals surface area contributed by atoms with Crippen molar-refractivity contribution in [1.82, 2.24) is 30.3 Å². The van der Waals surface area contributed by atoms with E-state index in [1.54, 1.807) is 41.0 Å². The summed E-state index contributed by atoms with van der Waals surface area (Å²) in [6.45, 7) is 11.7. The number of methoxy groups -OCH3 is 1. The smallest absolute Gasteiger partial charge is 0.284 e. The third kappa shape index (κ3) is 6.90. The molecular weight excluding hydrogens is 519 g/mol. The number of halogens is 1. The number of pyridine rings is 3. The van der Waals surface area contributed by atoms with Crippen LogP contribution in [0.3, 0.4) is 0 Å². The molecule has 0 bridgehead atoms. The van der Waals surface area contributed by atoms with Gasteiger partial charge in [-0.3, -0.25) is 15.2 Å². The van der Waals surface area contributed by atoms with Crippen molar-refractivity contribution < 1.29 is 13.9 Å². The van der Waals surface area contributed by atoms with Gasteiger partial charge in [0.2, 0.25) is 5.88 Å². The lowest BCUT2D eigenvalue weighted by molar-refractivity contribution is 0.0654. The van der Waals surface area contributed by atoms with Crippen LogP contribution in [0.1, 0.15) is 23.0 Å². The maximum Gasteiger partial charge on any atom is 0.284 e. The van der Waals surface area contributed by atoms with Crippen molar-refractivity contribution in [2.75, 3.05) is 44.4 Å². The maximum atomic E-state index is 14.8. The number of hydrazine groups is 1. The third-order valence-corrected chi connectivity index (χ3v) is 7.41. The zero-order chi connectivity index (χ0) is 27.9. The molecule has 12 heteroatoms. The van der Waals surface area contributed by atoms with E-state index in [9.17, 15) is 9.18 Å². The van der Waals surface area contributed by atoms with Gasteiger partial charge in [-0.15, -0.1) is 18.3 Å². The molecule has 0 fully saturated rings. The zero-order valence-corrected chi connectivity index (χ0v) is 22.9. The highest BCUT2D eigenvalue weighted by molar-refractivity contribution is 7.99. The molecule has 1 atom stereocenters. The van der Waals surface area contributed by atoms with Crippen LogP contribution in [-0.2, 0) is 6.42 Å². The van der Waals surface area contributed by atoms with Gasteiger partial charge in [-0.1, -0.05) is 19.6 Å². The van der Waals surface area contributed by atoms with Crippen LogP contribution in [0.5, 0.6) is 5.88 Å². The molecule has 3 aromatic heterocycles. The molecule has 10 nitrogen and oxygen atoms in total. The summed E-state index contributed by atoms with van der Waals surface area (Å²) in [6, 6.07) is 7.01. The van der Waals surface area contributed by atoms with Crippen molar-refractivity contribution in [2.24, 2.45) is 5.73 Å². The minimum atomic E-state index is -0.560. The van der Waals surface area contributed by atoms with Gasteiger partial charge >= 0.3 is 0 Å². The van der Waals surface area contributed by atoms with E-state index in [1.807, 2.05) is 13.0 Å². The molecule has 0 aromatic carbocycles. The molecule has 0 saturated heterocycles. The van der Waals surface area contributed by atoms with E-state index < -0.39 is 12.0 Å². The van der Waals surface area contributed by atoms with E-state index in [4.69, 9.17) is 10.5 Å². The Morgan fingerprint density at radius 1 is 1.36 bits per heavy atom. The number of ether oxygens (including phenoxy) is 1. The van der Waals surface area contributed by atoms with Crippen molar-refractivity contribution in [1.29, 1.82) is 0 Å². The van der Waals surface area contributed by atoms with Crippen LogP contribution in [0.15, 0.2) is 60.3 Å². The first-order valence-electron chi connectivity index (χ1n) is 12.6. The molecule has 1 amide bonds. The van der Waals surface area contributed by atoms with E-state index in [-0.39, 0.29) is 11.6 Å². The summed E-state index contributed by atoms with van der Waals surface area (Å²) in [7, 11) is 1.52. The van der Waals surface area contributed by atoms with Crippen LogP contribution in [-0.4, -0.2) is 76.0 Å². The molecule has 1 unspecified atom stereocenters. The Morgan fingerprint density at radius 3 is 2.92 bits per heavy atom. The normalized spacial score (nSPS) is 13.7. The molecule has 0 radical (unpaired) electrons. The van der Waals surface area contributed by atoms with Crippen molar-refractivity contribution in [3.8, 4) is 5.88 Å². The van der Waals surface area contributed by atoms with Crippen molar-refractivity contribution in [3.63, 3.8) is 0 Å². The first kappa shape index (κ1) is 28.4. The number of likely N-dealkylation sites (N-methyl/N-ethyl adjacent to an activating group) is 1. The maximum absolute atomic E-state index is 14.8. The summed E-state index contributed by atoms with van der Waals surface area (Å²) in [5, 5.41) is 4.75. The summed E-state index contributed by atoms with van der Waals surface area (Å²) in [5.41, 5.74) is 12.0. The van der Waals surface area contributed by atoms with Gasteiger partial charge < -0.3 is 20.7 Å². The number of thioether (sulfide) groups is 1. The standard InChI is InChI=1S/C27H33FN8O2S/c1-5-12-36(34-27(37)21-7-9-22-26(32-21)31-17(3)16-39-22)23(29)15-35(6-2)13-11-18-19(28)14-30-20-8-10-24(38-4)33-25(18)20/h5,7-10,14,23H,1,3,6,11-13,15-16,29H2,2,4H3,(H,31,32)(H,34,37). The van der Waals surface area contributed by atoms with E-state index in [1.165, 1.54) is 13.3 Å². The Balaban J connectivity index is 1.42. The van der Waals surface area contributed by atoms with Crippen molar-refractivity contribution in [2.45, 2.75) is 24.4 Å². The van der Waals surface area contributed by atoms with Crippen LogP contribution in [0.4, 0.5) is 10.2 Å². The molecule has 206 valence electrons. The fourth-order valence-electron chi connectivity index (χ4n) is 4.18. The fraction of sp³-hybridized carbons (Fsp3) is 0.333. The number of carbonyl (C=O) groups excluding carboxylic acids is 1. The van der Waals surface area contributed by atoms with Crippen LogP contribution < -0.4 is 21.2 Å². The molecule has 0 spiro atoms. The topological polar surface area (TPSA) is 122 Å². The average molecular weight is 553 g/mol. The Bertz CT molecular complexity index is 1370. The molecule has 0 aliphatic carbocycles. The quantitative estimate of drug-likeness (QED) is 0.175. The predicted octanol–water partition coefficient (Wildman–Crippen LogP) is 3.19. The van der Waals surface area contributed by atoms with E-state index >= 15 is 0 Å². The van der Waals surface area contributed by atoms with Crippen molar-refractivity contribution in [3.05, 3.63) is 72.5 Å². The third-order valence-electron chi connectivity index (χ3n) is 6.28. The average Bonchev–Trinajstić information content (AvgIpc) is 2.94. The highest BCUT2D eigenvalue weighted by atomic mass is 32.2. The molecule has 1 aliphatic rings. The second-order valence-electron chi connectivity index (χ2n) is 8.96. The first-order chi connectivity index (χ1) is 18.8. The number of rotatable bonds is 12. The van der Waals surface area contributed by atoms with E-state index in [2.05, 4.69) is 43.8 Å². The van der Waals surface area contributed by atoms with Gasteiger partial charge in [-0.25, -0.2) is 14.4 Å². The summed E-state index contributed by atoms with van der Waals surface area (Å²) >= 11 is 1.62. The minimum absolute atomic E-state index is 0.258. The zero-order valence-electron chi connectivity index (χ0n) is 22.1. The second-order valence-corrected chi connectivity index (χ2v) is 9.98. The molecule has 0 saturated carbocycles. The summed E-state index contributed by atoms with van der Waals surface area (Å²) in [5.74, 6) is 0.965. The lowest BCUT2D eigenvalue weighted by Crippen LogP contribution is -2.57. The Morgan fingerprint density at radius 2 is 2.18 bits per heavy atom. The monoisotopic (exact) mass is 552 g/mol. The molecule has 39 heavy (non-hydrogen) atoms. The van der Waals surface area contributed by atoms with Gasteiger partial charge in [-0.2, -0.15) is 5.01 Å². The number of hydrogen-bond donors (Lipinski definition) is 3. The minimum Gasteiger partial charge on any atom is -0.481 e. The lowest BCUT2D eigenvalue weighted by Gasteiger charge is -2.32. The largest absolute Gasteiger partial charge is 0.481 e. The Labute approximate surface area is 231 Å². The number of fused-ring (bicyclic) bond motifs is 2. The van der Waals surface area contributed by atoms with Gasteiger partial charge in [0.05, 0.1) is 35.4 Å². The van der Waals surface area contributed by atoms with Crippen molar-refractivity contribution >= 4 is 34.5 Å². The molecule has 4 N–H and O–H groups in total. The summed E-state index contributed by atoms with van der Waals surface area (Å²) < 4.78 is 20.0. The van der Waals surface area contributed by atoms with Gasteiger partial charge in [0.1, 0.15) is 17.3 Å². The molecule has 1 aliphatic heterocycles. The summed E-state index contributed by atoms with van der Waals surface area (Å²) in [4.78, 5) is 29.1. The first-order valence-corrected chi connectivity index (χ1v) is 13.5. The highest BCUT2D eigenvalue weighted by Crippen LogP contribution is 2.32. The number of carbonyl (C=O) groups is 1. The van der Waals surface area contributed by atoms with Crippen LogP contribution in [0, 0.1) is 5.82 Å². The van der Waals surface area contributed by atoms with Crippen LogP contribution in [0.25, 0.3) is 11.0 Å². The predicted molar refractivity (Wildman–Crippen MR) is 152 cm³/mol. The van der Waals surface area contributed by atoms with Gasteiger partial charge in [0.25, 0.3) is 5.91 Å².